The average Bonchev–Trinajstić information content (AvgIpc) is 2.81. The molecule has 4 nitrogen and oxygen atoms in total. The second-order valence-corrected chi connectivity index (χ2v) is 5.22. The maximum atomic E-state index is 12.0. The predicted octanol–water partition coefficient (Wildman–Crippen LogP) is 0.901. The summed E-state index contributed by atoms with van der Waals surface area (Å²) in [5.41, 5.74) is -0.677. The minimum absolute atomic E-state index is 0.177. The van der Waals surface area contributed by atoms with Gasteiger partial charge in [-0.2, -0.15) is 0 Å². The number of hydrogen-bond donors (Lipinski definition) is 0. The number of ether oxygens (including phenoxy) is 1. The Morgan fingerprint density at radius 1 is 1.38 bits per heavy atom. The molecule has 2 bridgehead atoms. The van der Waals surface area contributed by atoms with Crippen molar-refractivity contribution in [2.75, 3.05) is 7.05 Å². The molecule has 0 aromatic rings. The molecule has 3 aliphatic heterocycles. The summed E-state index contributed by atoms with van der Waals surface area (Å²) in [5.74, 6) is -1.41. The molecule has 2 fully saturated rings. The van der Waals surface area contributed by atoms with E-state index >= 15 is 0 Å². The molecular weight excluding hydrogens is 230 g/mol. The van der Waals surface area contributed by atoms with Crippen LogP contribution in [0.3, 0.4) is 0 Å². The van der Waals surface area contributed by atoms with E-state index in [1.807, 2.05) is 13.0 Å². The van der Waals surface area contributed by atoms with Crippen LogP contribution in [0.25, 0.3) is 0 Å². The van der Waals surface area contributed by atoms with Gasteiger partial charge in [-0.1, -0.05) is 24.6 Å². The molecule has 0 radical (unpaired) electrons. The van der Waals surface area contributed by atoms with Gasteiger partial charge in [-0.15, -0.1) is 0 Å². The van der Waals surface area contributed by atoms with Crippen molar-refractivity contribution in [3.63, 3.8) is 0 Å². The molecule has 3 rings (SSSR count). The van der Waals surface area contributed by atoms with E-state index in [-0.39, 0.29) is 11.8 Å². The van der Waals surface area contributed by atoms with Crippen LogP contribution in [0, 0.1) is 11.8 Å². The summed E-state index contributed by atoms with van der Waals surface area (Å²) in [4.78, 5) is 25.2. The van der Waals surface area contributed by atoms with E-state index in [2.05, 4.69) is 0 Å². The number of rotatable bonds is 1. The number of likely N-dealkylation sites (tertiary alicyclic amines) is 1. The Morgan fingerprint density at radius 3 is 2.62 bits per heavy atom. The third kappa shape index (κ3) is 0.870. The smallest absolute Gasteiger partial charge is 0.237 e. The SMILES string of the molecule is CCC12C=CC(Cl)(O1)C1C(=O)N(C)C(=O)C12. The van der Waals surface area contributed by atoms with E-state index in [0.717, 1.165) is 0 Å². The Bertz CT molecular complexity index is 435. The fourth-order valence-corrected chi connectivity index (χ4v) is 3.48. The molecule has 3 heterocycles. The van der Waals surface area contributed by atoms with E-state index in [4.69, 9.17) is 16.3 Å². The van der Waals surface area contributed by atoms with Crippen molar-refractivity contribution in [2.45, 2.75) is 24.0 Å². The molecule has 4 atom stereocenters. The average molecular weight is 242 g/mol. The summed E-state index contributed by atoms with van der Waals surface area (Å²) >= 11 is 6.28. The monoisotopic (exact) mass is 241 g/mol. The first-order valence-corrected chi connectivity index (χ1v) is 5.74. The molecule has 0 aromatic heterocycles. The highest BCUT2D eigenvalue weighted by atomic mass is 35.5. The van der Waals surface area contributed by atoms with Gasteiger partial charge in [0.05, 0.1) is 5.92 Å². The summed E-state index contributed by atoms with van der Waals surface area (Å²) in [6.45, 7) is 1.94. The number of hydrogen-bond acceptors (Lipinski definition) is 3. The van der Waals surface area contributed by atoms with E-state index in [0.29, 0.717) is 6.42 Å². The van der Waals surface area contributed by atoms with Crippen molar-refractivity contribution in [2.24, 2.45) is 11.8 Å². The van der Waals surface area contributed by atoms with Crippen LogP contribution in [0.4, 0.5) is 0 Å². The summed E-state index contributed by atoms with van der Waals surface area (Å²) in [5, 5.41) is -1.11. The van der Waals surface area contributed by atoms with Crippen LogP contribution in [0.5, 0.6) is 0 Å². The van der Waals surface area contributed by atoms with Crippen molar-refractivity contribution < 1.29 is 14.3 Å². The van der Waals surface area contributed by atoms with Gasteiger partial charge in [0.1, 0.15) is 11.5 Å². The molecule has 0 aliphatic carbocycles. The number of nitrogens with zero attached hydrogens (tertiary/aromatic N) is 1. The zero-order valence-corrected chi connectivity index (χ0v) is 9.82. The topological polar surface area (TPSA) is 46.6 Å². The number of carbonyl (C=O) groups is 2. The van der Waals surface area contributed by atoms with Crippen LogP contribution < -0.4 is 0 Å². The van der Waals surface area contributed by atoms with Crippen molar-refractivity contribution >= 4 is 23.4 Å². The second-order valence-electron chi connectivity index (χ2n) is 4.63. The Hall–Kier alpha value is -0.870. The number of carbonyl (C=O) groups excluding carboxylic acids is 2. The van der Waals surface area contributed by atoms with Crippen molar-refractivity contribution in [1.29, 1.82) is 0 Å². The van der Waals surface area contributed by atoms with Crippen molar-refractivity contribution in [1.82, 2.24) is 4.90 Å². The van der Waals surface area contributed by atoms with Crippen LogP contribution in [0.15, 0.2) is 12.2 Å². The Balaban J connectivity index is 2.16. The predicted molar refractivity (Wildman–Crippen MR) is 56.6 cm³/mol. The fourth-order valence-electron chi connectivity index (χ4n) is 3.06. The minimum Gasteiger partial charge on any atom is -0.344 e. The number of halogens is 1. The lowest BCUT2D eigenvalue weighted by Crippen LogP contribution is -2.39. The van der Waals surface area contributed by atoms with Crippen LogP contribution in [-0.4, -0.2) is 34.4 Å². The lowest BCUT2D eigenvalue weighted by Gasteiger charge is -2.26. The molecule has 2 amide bonds. The van der Waals surface area contributed by atoms with Crippen molar-refractivity contribution in [3.8, 4) is 0 Å². The number of alkyl halides is 1. The Labute approximate surface area is 98.2 Å². The molecule has 0 saturated carbocycles. The highest BCUT2D eigenvalue weighted by Crippen LogP contribution is 2.59. The molecule has 5 heteroatoms. The number of amides is 2. The van der Waals surface area contributed by atoms with Gasteiger partial charge in [0.15, 0.2) is 5.06 Å². The molecule has 3 aliphatic rings. The molecule has 0 N–H and O–H groups in total. The van der Waals surface area contributed by atoms with Gasteiger partial charge in [0, 0.05) is 7.05 Å². The highest BCUT2D eigenvalue weighted by Gasteiger charge is 2.72. The molecule has 0 aromatic carbocycles. The molecular formula is C11H12ClNO3. The molecule has 2 saturated heterocycles. The maximum Gasteiger partial charge on any atom is 0.237 e. The zero-order valence-electron chi connectivity index (χ0n) is 9.07. The van der Waals surface area contributed by atoms with E-state index in [9.17, 15) is 9.59 Å². The molecule has 16 heavy (non-hydrogen) atoms. The zero-order chi connectivity index (χ0) is 11.7. The van der Waals surface area contributed by atoms with Gasteiger partial charge in [-0.25, -0.2) is 0 Å². The molecule has 86 valence electrons. The highest BCUT2D eigenvalue weighted by molar-refractivity contribution is 6.28. The third-order valence-corrected chi connectivity index (χ3v) is 4.41. The maximum absolute atomic E-state index is 12.0. The summed E-state index contributed by atoms with van der Waals surface area (Å²) < 4.78 is 5.74. The Morgan fingerprint density at radius 2 is 2.00 bits per heavy atom. The quantitative estimate of drug-likeness (QED) is 0.389. The third-order valence-electron chi connectivity index (χ3n) is 3.97. The van der Waals surface area contributed by atoms with Crippen molar-refractivity contribution in [3.05, 3.63) is 12.2 Å². The number of imide groups is 1. The van der Waals surface area contributed by atoms with Crippen LogP contribution in [0.1, 0.15) is 13.3 Å². The minimum atomic E-state index is -1.11. The standard InChI is InChI=1S/C11H12ClNO3/c1-3-10-4-5-11(12,16-10)7-6(10)8(14)13(2)9(7)15/h4-7H,3H2,1-2H3. The summed E-state index contributed by atoms with van der Waals surface area (Å²) in [6, 6.07) is 0. The lowest BCUT2D eigenvalue weighted by atomic mass is 9.75. The van der Waals surface area contributed by atoms with Gasteiger partial charge < -0.3 is 4.74 Å². The lowest BCUT2D eigenvalue weighted by molar-refractivity contribution is -0.143. The van der Waals surface area contributed by atoms with Gasteiger partial charge in [-0.3, -0.25) is 14.5 Å². The first-order chi connectivity index (χ1) is 7.45. The first kappa shape index (κ1) is 10.3. The van der Waals surface area contributed by atoms with Gasteiger partial charge in [-0.05, 0) is 12.5 Å². The van der Waals surface area contributed by atoms with Gasteiger partial charge in [0.25, 0.3) is 0 Å². The summed E-state index contributed by atoms with van der Waals surface area (Å²) in [6.07, 6.45) is 4.20. The molecule has 0 spiro atoms. The van der Waals surface area contributed by atoms with Gasteiger partial charge in [0.2, 0.25) is 11.8 Å². The van der Waals surface area contributed by atoms with Crippen LogP contribution in [0.2, 0.25) is 0 Å². The van der Waals surface area contributed by atoms with E-state index in [1.54, 1.807) is 6.08 Å². The Kier molecular flexibility index (Phi) is 1.73. The second kappa shape index (κ2) is 2.68. The molecule has 4 unspecified atom stereocenters. The van der Waals surface area contributed by atoms with E-state index in [1.165, 1.54) is 11.9 Å². The summed E-state index contributed by atoms with van der Waals surface area (Å²) in [7, 11) is 1.51. The van der Waals surface area contributed by atoms with Gasteiger partial charge >= 0.3 is 0 Å². The van der Waals surface area contributed by atoms with Crippen LogP contribution in [-0.2, 0) is 14.3 Å². The largest absolute Gasteiger partial charge is 0.344 e. The normalized spacial score (nSPS) is 49.3. The van der Waals surface area contributed by atoms with Crippen LogP contribution >= 0.6 is 11.6 Å². The fraction of sp³-hybridized carbons (Fsp3) is 0.636. The number of fused-ring (bicyclic) bond motifs is 5. The van der Waals surface area contributed by atoms with E-state index < -0.39 is 22.5 Å². The first-order valence-electron chi connectivity index (χ1n) is 5.36.